The van der Waals surface area contributed by atoms with E-state index in [1.165, 1.54) is 0 Å². The van der Waals surface area contributed by atoms with Gasteiger partial charge in [0.15, 0.2) is 0 Å². The quantitative estimate of drug-likeness (QED) is 0.685. The summed E-state index contributed by atoms with van der Waals surface area (Å²) in [5.74, 6) is 0.924. The van der Waals surface area contributed by atoms with Gasteiger partial charge in [-0.25, -0.2) is 0 Å². The minimum atomic E-state index is 0.585. The van der Waals surface area contributed by atoms with Crippen molar-refractivity contribution in [1.82, 2.24) is 0 Å². The maximum Gasteiger partial charge on any atom is 0.127 e. The van der Waals surface area contributed by atoms with Crippen LogP contribution in [0.15, 0.2) is 55.1 Å². The highest BCUT2D eigenvalue weighted by atomic mass is 16.5. The lowest BCUT2D eigenvalue weighted by Gasteiger charge is -2.20. The van der Waals surface area contributed by atoms with Crippen LogP contribution in [-0.4, -0.2) is 6.61 Å². The highest BCUT2D eigenvalue weighted by Gasteiger charge is 2.14. The molecule has 0 spiro atoms. The first kappa shape index (κ1) is 8.82. The summed E-state index contributed by atoms with van der Waals surface area (Å²) in [6.45, 7) is 8.18. The number of ether oxygens (including phenoxy) is 1. The molecule has 1 heteroatoms. The van der Waals surface area contributed by atoms with Gasteiger partial charge in [0.25, 0.3) is 0 Å². The van der Waals surface area contributed by atoms with E-state index >= 15 is 0 Å². The Balaban J connectivity index is 2.63. The van der Waals surface area contributed by atoms with Gasteiger partial charge in [0, 0.05) is 5.56 Å². The molecule has 1 aromatic carbocycles. The van der Waals surface area contributed by atoms with Crippen molar-refractivity contribution >= 4 is 5.57 Å². The molecule has 1 aromatic rings. The van der Waals surface area contributed by atoms with Crippen molar-refractivity contribution < 1.29 is 4.74 Å². The molecule has 0 aromatic heterocycles. The Hall–Kier alpha value is -1.76. The fraction of sp³-hybridized carbons (Fsp3) is 0.0769. The van der Waals surface area contributed by atoms with Crippen molar-refractivity contribution in [1.29, 1.82) is 0 Å². The van der Waals surface area contributed by atoms with Gasteiger partial charge in [0.1, 0.15) is 12.4 Å². The highest BCUT2D eigenvalue weighted by molar-refractivity contribution is 5.82. The van der Waals surface area contributed by atoms with Gasteiger partial charge in [0.05, 0.1) is 0 Å². The molecule has 0 radical (unpaired) electrons. The van der Waals surface area contributed by atoms with E-state index in [9.17, 15) is 0 Å². The zero-order valence-corrected chi connectivity index (χ0v) is 7.99. The van der Waals surface area contributed by atoms with Crippen molar-refractivity contribution in [2.75, 3.05) is 6.61 Å². The first-order chi connectivity index (χ1) is 6.86. The van der Waals surface area contributed by atoms with Gasteiger partial charge in [0.2, 0.25) is 0 Å². The normalized spacial score (nSPS) is 14.3. The molecule has 1 aliphatic rings. The first-order valence-corrected chi connectivity index (χ1v) is 4.57. The van der Waals surface area contributed by atoms with Crippen molar-refractivity contribution in [3.05, 3.63) is 60.7 Å². The third-order valence-electron chi connectivity index (χ3n) is 2.36. The van der Waals surface area contributed by atoms with Crippen molar-refractivity contribution in [2.24, 2.45) is 0 Å². The molecule has 70 valence electrons. The van der Waals surface area contributed by atoms with E-state index in [-0.39, 0.29) is 0 Å². The number of para-hydroxylation sites is 1. The molecule has 2 rings (SSSR count). The highest BCUT2D eigenvalue weighted by Crippen LogP contribution is 2.33. The fourth-order valence-corrected chi connectivity index (χ4v) is 1.63. The zero-order valence-electron chi connectivity index (χ0n) is 7.99. The Kier molecular flexibility index (Phi) is 2.23. The molecule has 1 nitrogen and oxygen atoms in total. The van der Waals surface area contributed by atoms with Crippen LogP contribution in [-0.2, 0) is 0 Å². The average Bonchev–Trinajstić information content (AvgIpc) is 2.27. The molecule has 0 amide bonds. The van der Waals surface area contributed by atoms with Crippen molar-refractivity contribution in [3.8, 4) is 5.75 Å². The molecule has 0 N–H and O–H groups in total. The number of rotatable bonds is 2. The Morgan fingerprint density at radius 1 is 1.14 bits per heavy atom. The molecular formula is C13H12O. The molecule has 1 heterocycles. The summed E-state index contributed by atoms with van der Waals surface area (Å²) in [6, 6.07) is 7.98. The lowest BCUT2D eigenvalue weighted by molar-refractivity contribution is 0.350. The molecule has 0 bridgehead atoms. The number of allylic oxidation sites excluding steroid dienone is 2. The van der Waals surface area contributed by atoms with Crippen LogP contribution in [0.3, 0.4) is 0 Å². The van der Waals surface area contributed by atoms with Gasteiger partial charge in [-0.3, -0.25) is 0 Å². The predicted octanol–water partition coefficient (Wildman–Crippen LogP) is 3.20. The monoisotopic (exact) mass is 184 g/mol. The third kappa shape index (κ3) is 1.27. The average molecular weight is 184 g/mol. The van der Waals surface area contributed by atoms with Crippen LogP contribution in [0.1, 0.15) is 5.56 Å². The summed E-state index contributed by atoms with van der Waals surface area (Å²) in [7, 11) is 0. The molecule has 14 heavy (non-hydrogen) atoms. The summed E-state index contributed by atoms with van der Waals surface area (Å²) in [4.78, 5) is 0. The second-order valence-electron chi connectivity index (χ2n) is 3.13. The van der Waals surface area contributed by atoms with Crippen LogP contribution in [0.5, 0.6) is 5.75 Å². The van der Waals surface area contributed by atoms with E-state index in [0.29, 0.717) is 6.61 Å². The molecule has 0 aliphatic carbocycles. The van der Waals surface area contributed by atoms with E-state index in [1.54, 1.807) is 0 Å². The number of hydrogen-bond donors (Lipinski definition) is 0. The van der Waals surface area contributed by atoms with Crippen molar-refractivity contribution in [3.63, 3.8) is 0 Å². The summed E-state index contributed by atoms with van der Waals surface area (Å²) in [5, 5.41) is 0. The summed E-state index contributed by atoms with van der Waals surface area (Å²) >= 11 is 0. The number of benzene rings is 1. The SMILES string of the molecule is C=CC1=C(C=C)c2ccccc2OC1. The maximum atomic E-state index is 5.58. The van der Waals surface area contributed by atoms with E-state index in [4.69, 9.17) is 4.74 Å². The Morgan fingerprint density at radius 2 is 1.93 bits per heavy atom. The van der Waals surface area contributed by atoms with Crippen LogP contribution in [0.25, 0.3) is 5.57 Å². The van der Waals surface area contributed by atoms with E-state index in [1.807, 2.05) is 36.4 Å². The standard InChI is InChI=1S/C13H12O/c1-3-10-9-14-13-8-6-5-7-12(13)11(10)4-2/h3-8H,1-2,9H2. The number of hydrogen-bond acceptors (Lipinski definition) is 1. The van der Waals surface area contributed by atoms with E-state index in [2.05, 4.69) is 13.2 Å². The molecular weight excluding hydrogens is 172 g/mol. The van der Waals surface area contributed by atoms with Gasteiger partial charge >= 0.3 is 0 Å². The van der Waals surface area contributed by atoms with Crippen LogP contribution in [0.2, 0.25) is 0 Å². The second kappa shape index (κ2) is 3.54. The van der Waals surface area contributed by atoms with Crippen molar-refractivity contribution in [2.45, 2.75) is 0 Å². The van der Waals surface area contributed by atoms with Gasteiger partial charge in [-0.2, -0.15) is 0 Å². The molecule has 0 atom stereocenters. The lowest BCUT2D eigenvalue weighted by Crippen LogP contribution is -2.08. The van der Waals surface area contributed by atoms with Crippen LogP contribution < -0.4 is 4.74 Å². The molecule has 0 fully saturated rings. The van der Waals surface area contributed by atoms with E-state index in [0.717, 1.165) is 22.5 Å². The lowest BCUT2D eigenvalue weighted by atomic mass is 9.97. The van der Waals surface area contributed by atoms with Crippen LogP contribution in [0, 0.1) is 0 Å². The Morgan fingerprint density at radius 3 is 2.64 bits per heavy atom. The first-order valence-electron chi connectivity index (χ1n) is 4.57. The molecule has 0 saturated heterocycles. The van der Waals surface area contributed by atoms with E-state index < -0.39 is 0 Å². The summed E-state index contributed by atoms with van der Waals surface area (Å²) < 4.78 is 5.58. The maximum absolute atomic E-state index is 5.58. The topological polar surface area (TPSA) is 9.23 Å². The molecule has 0 saturated carbocycles. The fourth-order valence-electron chi connectivity index (χ4n) is 1.63. The molecule has 0 unspecified atom stereocenters. The third-order valence-corrected chi connectivity index (χ3v) is 2.36. The largest absolute Gasteiger partial charge is 0.488 e. The summed E-state index contributed by atoms with van der Waals surface area (Å²) in [6.07, 6.45) is 3.69. The van der Waals surface area contributed by atoms with Gasteiger partial charge < -0.3 is 4.74 Å². The smallest absolute Gasteiger partial charge is 0.127 e. The summed E-state index contributed by atoms with van der Waals surface area (Å²) in [5.41, 5.74) is 3.32. The van der Waals surface area contributed by atoms with Gasteiger partial charge in [-0.1, -0.05) is 43.5 Å². The minimum absolute atomic E-state index is 0.585. The van der Waals surface area contributed by atoms with Crippen LogP contribution in [0.4, 0.5) is 0 Å². The second-order valence-corrected chi connectivity index (χ2v) is 3.13. The molecule has 1 aliphatic heterocycles. The predicted molar refractivity (Wildman–Crippen MR) is 59.3 cm³/mol. The number of fused-ring (bicyclic) bond motifs is 1. The minimum Gasteiger partial charge on any atom is -0.488 e. The van der Waals surface area contributed by atoms with Gasteiger partial charge in [-0.05, 0) is 17.2 Å². The van der Waals surface area contributed by atoms with Crippen LogP contribution >= 0.6 is 0 Å². The Bertz CT molecular complexity index is 413. The zero-order chi connectivity index (χ0) is 9.97. The Labute approximate surface area is 84.0 Å². The van der Waals surface area contributed by atoms with Gasteiger partial charge in [-0.15, -0.1) is 0 Å².